The molecular weight excluding hydrogens is 301 g/mol. The monoisotopic (exact) mass is 314 g/mol. The Morgan fingerprint density at radius 2 is 2.24 bits per heavy atom. The van der Waals surface area contributed by atoms with Crippen LogP contribution in [0.2, 0.25) is 0 Å². The number of benzene rings is 1. The fourth-order valence-electron chi connectivity index (χ4n) is 2.54. The number of fused-ring (bicyclic) bond motifs is 1. The van der Waals surface area contributed by atoms with Crippen LogP contribution in [0.5, 0.6) is 5.75 Å². The minimum Gasteiger partial charge on any atom is -0.406 e. The minimum absolute atomic E-state index is 0.0423. The molecule has 0 bridgehead atoms. The van der Waals surface area contributed by atoms with Crippen molar-refractivity contribution < 1.29 is 17.9 Å². The molecule has 3 rings (SSSR count). The smallest absolute Gasteiger partial charge is 0.406 e. The Morgan fingerprint density at radius 3 is 2.95 bits per heavy atom. The van der Waals surface area contributed by atoms with E-state index >= 15 is 0 Å². The van der Waals surface area contributed by atoms with Gasteiger partial charge in [-0.1, -0.05) is 6.07 Å². The second-order valence-corrected chi connectivity index (χ2v) is 5.79. The summed E-state index contributed by atoms with van der Waals surface area (Å²) in [6.07, 6.45) is -1.19. The Morgan fingerprint density at radius 1 is 1.38 bits per heavy atom. The van der Waals surface area contributed by atoms with Crippen LogP contribution in [0, 0.1) is 0 Å². The number of alkyl halides is 3. The highest BCUT2D eigenvalue weighted by molar-refractivity contribution is 7.09. The van der Waals surface area contributed by atoms with Gasteiger partial charge in [-0.15, -0.1) is 24.5 Å². The standard InChI is InChI=1S/C14H13F3N2OS/c15-14(16,17)20-10-3-1-9-2-4-12(11(9)7-10)19-8-13-18-5-6-21-13/h1,3,5-7,12,19H,2,4,8H2. The van der Waals surface area contributed by atoms with Crippen LogP contribution in [0.15, 0.2) is 29.8 Å². The molecule has 1 heterocycles. The maximum absolute atomic E-state index is 12.3. The summed E-state index contributed by atoms with van der Waals surface area (Å²) in [5.41, 5.74) is 1.95. The van der Waals surface area contributed by atoms with E-state index in [4.69, 9.17) is 0 Å². The Hall–Kier alpha value is -1.60. The molecule has 7 heteroatoms. The number of aromatic nitrogens is 1. The maximum Gasteiger partial charge on any atom is 0.573 e. The Bertz CT molecular complexity index is 613. The molecule has 1 unspecified atom stereocenters. The van der Waals surface area contributed by atoms with Crippen molar-refractivity contribution >= 4 is 11.3 Å². The lowest BCUT2D eigenvalue weighted by molar-refractivity contribution is -0.274. The molecule has 3 nitrogen and oxygen atoms in total. The molecule has 1 aliphatic carbocycles. The lowest BCUT2D eigenvalue weighted by Crippen LogP contribution is -2.19. The molecule has 1 atom stereocenters. The van der Waals surface area contributed by atoms with Crippen LogP contribution in [0.4, 0.5) is 13.2 Å². The lowest BCUT2D eigenvalue weighted by atomic mass is 10.1. The number of nitrogens with zero attached hydrogens (tertiary/aromatic N) is 1. The van der Waals surface area contributed by atoms with Gasteiger partial charge in [-0.25, -0.2) is 4.98 Å². The van der Waals surface area contributed by atoms with Gasteiger partial charge in [0.1, 0.15) is 10.8 Å². The van der Waals surface area contributed by atoms with Gasteiger partial charge in [0, 0.05) is 24.2 Å². The van der Waals surface area contributed by atoms with E-state index in [0.29, 0.717) is 6.54 Å². The first-order chi connectivity index (χ1) is 10.0. The topological polar surface area (TPSA) is 34.1 Å². The number of ether oxygens (including phenoxy) is 1. The largest absolute Gasteiger partial charge is 0.573 e. The number of halogens is 3. The van der Waals surface area contributed by atoms with Crippen LogP contribution in [0.1, 0.15) is 28.6 Å². The number of nitrogens with one attached hydrogen (secondary N) is 1. The number of rotatable bonds is 4. The van der Waals surface area contributed by atoms with Crippen molar-refractivity contribution in [1.82, 2.24) is 10.3 Å². The zero-order valence-electron chi connectivity index (χ0n) is 11.0. The van der Waals surface area contributed by atoms with Gasteiger partial charge in [-0.2, -0.15) is 0 Å². The summed E-state index contributed by atoms with van der Waals surface area (Å²) in [6, 6.07) is 4.60. The van der Waals surface area contributed by atoms with Crippen LogP contribution in [-0.2, 0) is 13.0 Å². The highest BCUT2D eigenvalue weighted by Crippen LogP contribution is 2.35. The van der Waals surface area contributed by atoms with E-state index in [1.54, 1.807) is 23.6 Å². The van der Waals surface area contributed by atoms with E-state index < -0.39 is 6.36 Å². The van der Waals surface area contributed by atoms with Crippen molar-refractivity contribution in [3.8, 4) is 5.75 Å². The molecule has 0 radical (unpaired) electrons. The third-order valence-electron chi connectivity index (χ3n) is 3.41. The first-order valence-electron chi connectivity index (χ1n) is 6.51. The van der Waals surface area contributed by atoms with Gasteiger partial charge >= 0.3 is 6.36 Å². The second-order valence-electron chi connectivity index (χ2n) is 4.81. The second kappa shape index (κ2) is 5.65. The molecule has 1 N–H and O–H groups in total. The predicted octanol–water partition coefficient (Wildman–Crippen LogP) is 3.82. The van der Waals surface area contributed by atoms with Crippen molar-refractivity contribution in [3.05, 3.63) is 45.9 Å². The van der Waals surface area contributed by atoms with E-state index in [1.807, 2.05) is 5.38 Å². The normalized spacial score (nSPS) is 17.8. The van der Waals surface area contributed by atoms with E-state index in [9.17, 15) is 13.2 Å². The van der Waals surface area contributed by atoms with Gasteiger partial charge in [0.2, 0.25) is 0 Å². The number of hydrogen-bond acceptors (Lipinski definition) is 4. The molecule has 0 saturated carbocycles. The summed E-state index contributed by atoms with van der Waals surface area (Å²) >= 11 is 1.55. The van der Waals surface area contributed by atoms with Gasteiger partial charge < -0.3 is 10.1 Å². The molecule has 0 spiro atoms. The first-order valence-corrected chi connectivity index (χ1v) is 7.39. The number of thiazole rings is 1. The average molecular weight is 314 g/mol. The minimum atomic E-state index is -4.66. The molecule has 1 aromatic carbocycles. The molecule has 112 valence electrons. The SMILES string of the molecule is FC(F)(F)Oc1ccc2c(c1)C(NCc1nccs1)CC2. The Balaban J connectivity index is 1.72. The quantitative estimate of drug-likeness (QED) is 0.931. The van der Waals surface area contributed by atoms with Crippen molar-refractivity contribution in [2.45, 2.75) is 31.8 Å². The fraction of sp³-hybridized carbons (Fsp3) is 0.357. The van der Waals surface area contributed by atoms with Crippen LogP contribution < -0.4 is 10.1 Å². The molecule has 0 saturated heterocycles. The zero-order valence-corrected chi connectivity index (χ0v) is 11.8. The summed E-state index contributed by atoms with van der Waals surface area (Å²) in [6.45, 7) is 0.617. The summed E-state index contributed by atoms with van der Waals surface area (Å²) < 4.78 is 40.8. The van der Waals surface area contributed by atoms with Gasteiger partial charge in [0.25, 0.3) is 0 Å². The molecule has 21 heavy (non-hydrogen) atoms. The number of aryl methyl sites for hydroxylation is 1. The van der Waals surface area contributed by atoms with Crippen molar-refractivity contribution in [1.29, 1.82) is 0 Å². The highest BCUT2D eigenvalue weighted by atomic mass is 32.1. The molecular formula is C14H13F3N2OS. The van der Waals surface area contributed by atoms with Crippen LogP contribution in [0.3, 0.4) is 0 Å². The van der Waals surface area contributed by atoms with Crippen LogP contribution in [0.25, 0.3) is 0 Å². The zero-order chi connectivity index (χ0) is 14.9. The fourth-order valence-corrected chi connectivity index (χ4v) is 3.11. The van der Waals surface area contributed by atoms with E-state index in [1.165, 1.54) is 12.1 Å². The number of hydrogen-bond donors (Lipinski definition) is 1. The maximum atomic E-state index is 12.3. The molecule has 0 amide bonds. The summed E-state index contributed by atoms with van der Waals surface area (Å²) in [5.74, 6) is -0.163. The molecule has 2 aromatic rings. The average Bonchev–Trinajstić information content (AvgIpc) is 3.03. The predicted molar refractivity (Wildman–Crippen MR) is 73.1 cm³/mol. The van der Waals surface area contributed by atoms with Gasteiger partial charge in [-0.3, -0.25) is 0 Å². The van der Waals surface area contributed by atoms with Crippen LogP contribution in [-0.4, -0.2) is 11.3 Å². The third kappa shape index (κ3) is 3.54. The summed E-state index contributed by atoms with van der Waals surface area (Å²) in [7, 11) is 0. The molecule has 1 aromatic heterocycles. The van der Waals surface area contributed by atoms with Crippen molar-refractivity contribution in [2.24, 2.45) is 0 Å². The van der Waals surface area contributed by atoms with E-state index in [2.05, 4.69) is 15.0 Å². The molecule has 0 fully saturated rings. The van der Waals surface area contributed by atoms with Gasteiger partial charge in [-0.05, 0) is 36.1 Å². The van der Waals surface area contributed by atoms with Gasteiger partial charge in [0.05, 0.1) is 0 Å². The molecule has 0 aliphatic heterocycles. The summed E-state index contributed by atoms with van der Waals surface area (Å²) in [4.78, 5) is 4.18. The van der Waals surface area contributed by atoms with E-state index in [0.717, 1.165) is 29.0 Å². The Kier molecular flexibility index (Phi) is 3.86. The first kappa shape index (κ1) is 14.3. The van der Waals surface area contributed by atoms with Crippen molar-refractivity contribution in [3.63, 3.8) is 0 Å². The lowest BCUT2D eigenvalue weighted by Gasteiger charge is -2.15. The van der Waals surface area contributed by atoms with Crippen molar-refractivity contribution in [2.75, 3.05) is 0 Å². The molecule has 1 aliphatic rings. The Labute approximate surface area is 123 Å². The van der Waals surface area contributed by atoms with Crippen LogP contribution >= 0.6 is 11.3 Å². The van der Waals surface area contributed by atoms with E-state index in [-0.39, 0.29) is 11.8 Å². The third-order valence-corrected chi connectivity index (χ3v) is 4.19. The van der Waals surface area contributed by atoms with Gasteiger partial charge in [0.15, 0.2) is 0 Å². The summed E-state index contributed by atoms with van der Waals surface area (Å²) in [5, 5.41) is 6.20. The highest BCUT2D eigenvalue weighted by Gasteiger charge is 2.32.